The Morgan fingerprint density at radius 1 is 1.50 bits per heavy atom. The zero-order chi connectivity index (χ0) is 10.0. The van der Waals surface area contributed by atoms with Crippen LogP contribution in [-0.4, -0.2) is 24.8 Å². The van der Waals surface area contributed by atoms with Crippen molar-refractivity contribution in [3.05, 3.63) is 0 Å². The molecule has 1 aliphatic carbocycles. The van der Waals surface area contributed by atoms with E-state index in [4.69, 9.17) is 4.74 Å². The highest BCUT2D eigenvalue weighted by atomic mass is 16.5. The molecule has 1 heterocycles. The molecule has 14 heavy (non-hydrogen) atoms. The largest absolute Gasteiger partial charge is 0.376 e. The van der Waals surface area contributed by atoms with Gasteiger partial charge in [-0.25, -0.2) is 0 Å². The molecular weight excluding hydrogens is 174 g/mol. The molecule has 0 radical (unpaired) electrons. The molecule has 2 aliphatic rings. The third-order valence-corrected chi connectivity index (χ3v) is 3.35. The minimum atomic E-state index is 0.172. The summed E-state index contributed by atoms with van der Waals surface area (Å²) in [6.07, 6.45) is 4.25. The average Bonchev–Trinajstić information content (AvgIpc) is 2.92. The van der Waals surface area contributed by atoms with E-state index in [1.165, 1.54) is 12.8 Å². The molecule has 0 spiro atoms. The predicted molar refractivity (Wildman–Crippen MR) is 56.9 cm³/mol. The van der Waals surface area contributed by atoms with E-state index in [1.807, 2.05) is 6.92 Å². The minimum absolute atomic E-state index is 0.172. The number of hydrogen-bond acceptors (Lipinski definition) is 2. The van der Waals surface area contributed by atoms with Gasteiger partial charge in [-0.2, -0.15) is 0 Å². The quantitative estimate of drug-likeness (QED) is 0.687. The Kier molecular flexibility index (Phi) is 2.80. The van der Waals surface area contributed by atoms with Crippen molar-refractivity contribution in [2.45, 2.75) is 44.8 Å². The van der Waals surface area contributed by atoms with Crippen LogP contribution < -0.4 is 5.32 Å². The SMILES string of the molecule is CC#CCNC1(C)CCOC1C1CC1. The molecule has 0 aromatic carbocycles. The van der Waals surface area contributed by atoms with Gasteiger partial charge in [-0.05, 0) is 39.0 Å². The van der Waals surface area contributed by atoms with Crippen LogP contribution in [0.2, 0.25) is 0 Å². The summed E-state index contributed by atoms with van der Waals surface area (Å²) in [7, 11) is 0. The highest BCUT2D eigenvalue weighted by Gasteiger charge is 2.47. The van der Waals surface area contributed by atoms with Crippen LogP contribution in [0.25, 0.3) is 0 Å². The lowest BCUT2D eigenvalue weighted by Crippen LogP contribution is -2.50. The average molecular weight is 193 g/mol. The summed E-state index contributed by atoms with van der Waals surface area (Å²) < 4.78 is 5.81. The number of nitrogens with one attached hydrogen (secondary N) is 1. The van der Waals surface area contributed by atoms with Crippen molar-refractivity contribution in [1.29, 1.82) is 0 Å². The fraction of sp³-hybridized carbons (Fsp3) is 0.833. The Hall–Kier alpha value is -0.520. The lowest BCUT2D eigenvalue weighted by molar-refractivity contribution is 0.0575. The predicted octanol–water partition coefficient (Wildman–Crippen LogP) is 1.56. The van der Waals surface area contributed by atoms with Crippen molar-refractivity contribution in [2.24, 2.45) is 5.92 Å². The Balaban J connectivity index is 1.92. The molecular formula is C12H19NO. The van der Waals surface area contributed by atoms with Gasteiger partial charge in [0.05, 0.1) is 12.6 Å². The van der Waals surface area contributed by atoms with Crippen LogP contribution in [0.4, 0.5) is 0 Å². The molecule has 2 atom stereocenters. The van der Waals surface area contributed by atoms with Gasteiger partial charge in [-0.1, -0.05) is 5.92 Å². The third kappa shape index (κ3) is 1.94. The lowest BCUT2D eigenvalue weighted by atomic mass is 9.90. The number of rotatable bonds is 3. The van der Waals surface area contributed by atoms with Gasteiger partial charge in [0.2, 0.25) is 0 Å². The molecule has 78 valence electrons. The van der Waals surface area contributed by atoms with Crippen molar-refractivity contribution in [3.63, 3.8) is 0 Å². The van der Waals surface area contributed by atoms with Crippen LogP contribution in [0.1, 0.15) is 33.1 Å². The first-order chi connectivity index (χ1) is 6.76. The summed E-state index contributed by atoms with van der Waals surface area (Å²) in [6, 6.07) is 0. The van der Waals surface area contributed by atoms with Crippen molar-refractivity contribution < 1.29 is 4.74 Å². The van der Waals surface area contributed by atoms with Crippen LogP contribution in [0.15, 0.2) is 0 Å². The highest BCUT2D eigenvalue weighted by Crippen LogP contribution is 2.43. The van der Waals surface area contributed by atoms with Crippen molar-refractivity contribution in [1.82, 2.24) is 5.32 Å². The number of ether oxygens (including phenoxy) is 1. The molecule has 2 unspecified atom stereocenters. The molecule has 0 aromatic heterocycles. The normalized spacial score (nSPS) is 36.6. The summed E-state index contributed by atoms with van der Waals surface area (Å²) in [5, 5.41) is 3.53. The van der Waals surface area contributed by atoms with Crippen molar-refractivity contribution >= 4 is 0 Å². The highest BCUT2D eigenvalue weighted by molar-refractivity contribution is 5.06. The fourth-order valence-corrected chi connectivity index (χ4v) is 2.30. The summed E-state index contributed by atoms with van der Waals surface area (Å²) >= 11 is 0. The Bertz CT molecular complexity index is 261. The van der Waals surface area contributed by atoms with Gasteiger partial charge in [-0.15, -0.1) is 5.92 Å². The first-order valence-electron chi connectivity index (χ1n) is 5.52. The van der Waals surface area contributed by atoms with E-state index in [2.05, 4.69) is 24.1 Å². The zero-order valence-electron chi connectivity index (χ0n) is 9.10. The van der Waals surface area contributed by atoms with Gasteiger partial charge in [-0.3, -0.25) is 5.32 Å². The Morgan fingerprint density at radius 3 is 2.93 bits per heavy atom. The first-order valence-corrected chi connectivity index (χ1v) is 5.52. The topological polar surface area (TPSA) is 21.3 Å². The molecule has 2 heteroatoms. The second-order valence-electron chi connectivity index (χ2n) is 4.58. The van der Waals surface area contributed by atoms with E-state index in [-0.39, 0.29) is 5.54 Å². The van der Waals surface area contributed by atoms with Gasteiger partial charge in [0.1, 0.15) is 0 Å². The maximum atomic E-state index is 5.81. The van der Waals surface area contributed by atoms with Gasteiger partial charge in [0.25, 0.3) is 0 Å². The smallest absolute Gasteiger partial charge is 0.0783 e. The van der Waals surface area contributed by atoms with Crippen LogP contribution in [-0.2, 0) is 4.74 Å². The Morgan fingerprint density at radius 2 is 2.29 bits per heavy atom. The molecule has 2 rings (SSSR count). The van der Waals surface area contributed by atoms with Crippen LogP contribution >= 0.6 is 0 Å². The summed E-state index contributed by atoms with van der Waals surface area (Å²) in [6.45, 7) is 5.86. The van der Waals surface area contributed by atoms with Crippen molar-refractivity contribution in [2.75, 3.05) is 13.2 Å². The van der Waals surface area contributed by atoms with E-state index >= 15 is 0 Å². The monoisotopic (exact) mass is 193 g/mol. The standard InChI is InChI=1S/C12H19NO/c1-3-4-8-13-12(2)7-9-14-11(12)10-5-6-10/h10-11,13H,5-9H2,1-2H3. The molecule has 1 N–H and O–H groups in total. The minimum Gasteiger partial charge on any atom is -0.376 e. The third-order valence-electron chi connectivity index (χ3n) is 3.35. The molecule has 0 bridgehead atoms. The van der Waals surface area contributed by atoms with E-state index in [1.54, 1.807) is 0 Å². The van der Waals surface area contributed by atoms with E-state index in [9.17, 15) is 0 Å². The van der Waals surface area contributed by atoms with Gasteiger partial charge >= 0.3 is 0 Å². The second-order valence-corrected chi connectivity index (χ2v) is 4.58. The Labute approximate surface area is 86.4 Å². The summed E-state index contributed by atoms with van der Waals surface area (Å²) in [4.78, 5) is 0. The van der Waals surface area contributed by atoms with Crippen LogP contribution in [0.3, 0.4) is 0 Å². The van der Waals surface area contributed by atoms with E-state index in [0.29, 0.717) is 6.10 Å². The van der Waals surface area contributed by atoms with Crippen LogP contribution in [0, 0.1) is 17.8 Å². The fourth-order valence-electron chi connectivity index (χ4n) is 2.30. The zero-order valence-corrected chi connectivity index (χ0v) is 9.10. The molecule has 1 saturated carbocycles. The van der Waals surface area contributed by atoms with E-state index in [0.717, 1.165) is 25.5 Å². The lowest BCUT2D eigenvalue weighted by Gasteiger charge is -2.30. The van der Waals surface area contributed by atoms with Gasteiger partial charge in [0, 0.05) is 12.1 Å². The maximum absolute atomic E-state index is 5.81. The van der Waals surface area contributed by atoms with E-state index < -0.39 is 0 Å². The molecule has 2 fully saturated rings. The maximum Gasteiger partial charge on any atom is 0.0783 e. The molecule has 2 nitrogen and oxygen atoms in total. The summed E-state index contributed by atoms with van der Waals surface area (Å²) in [5.41, 5.74) is 0.172. The first kappa shape index (κ1) is 10.0. The van der Waals surface area contributed by atoms with Gasteiger partial charge in [0.15, 0.2) is 0 Å². The summed E-state index contributed by atoms with van der Waals surface area (Å²) in [5.74, 6) is 6.79. The second kappa shape index (κ2) is 3.92. The van der Waals surface area contributed by atoms with Crippen LogP contribution in [0.5, 0.6) is 0 Å². The molecule has 1 aliphatic heterocycles. The molecule has 1 saturated heterocycles. The van der Waals surface area contributed by atoms with Gasteiger partial charge < -0.3 is 4.74 Å². The molecule has 0 amide bonds. The van der Waals surface area contributed by atoms with Crippen molar-refractivity contribution in [3.8, 4) is 11.8 Å². The molecule has 0 aromatic rings. The number of hydrogen-bond donors (Lipinski definition) is 1.